The Labute approximate surface area is 204 Å². The van der Waals surface area contributed by atoms with Crippen molar-refractivity contribution in [1.29, 1.82) is 0 Å². The number of rotatable bonds is 5. The number of aromatic nitrogens is 1. The highest BCUT2D eigenvalue weighted by Gasteiger charge is 2.37. The van der Waals surface area contributed by atoms with E-state index in [0.717, 1.165) is 38.5 Å². The van der Waals surface area contributed by atoms with Gasteiger partial charge in [0.25, 0.3) is 0 Å². The Morgan fingerprint density at radius 1 is 0.972 bits per heavy atom. The lowest BCUT2D eigenvalue weighted by molar-refractivity contribution is -0.143. The molecule has 1 saturated carbocycles. The van der Waals surface area contributed by atoms with Crippen LogP contribution >= 0.6 is 0 Å². The summed E-state index contributed by atoms with van der Waals surface area (Å²) >= 11 is 0. The predicted octanol–water partition coefficient (Wildman–Crippen LogP) is 7.10. The summed E-state index contributed by atoms with van der Waals surface area (Å²) in [5.41, 5.74) is -2.61. The number of carbonyl (C=O) groups is 1. The molecule has 1 saturated heterocycles. The van der Waals surface area contributed by atoms with Crippen LogP contribution in [0.4, 0.5) is 31.1 Å². The summed E-state index contributed by atoms with van der Waals surface area (Å²) in [7, 11) is 0. The van der Waals surface area contributed by atoms with Gasteiger partial charge in [0.2, 0.25) is 0 Å². The van der Waals surface area contributed by atoms with Crippen LogP contribution < -0.4 is 10.1 Å². The Hall–Kier alpha value is -2.69. The molecular weight excluding hydrogens is 490 g/mol. The number of hydrogen-bond donors (Lipinski definition) is 1. The second-order valence-corrected chi connectivity index (χ2v) is 9.39. The zero-order chi connectivity index (χ0) is 26.1. The van der Waals surface area contributed by atoms with Crippen LogP contribution in [0.3, 0.4) is 0 Å². The van der Waals surface area contributed by atoms with Gasteiger partial charge in [-0.1, -0.05) is 19.3 Å². The topological polar surface area (TPSA) is 52.5 Å². The minimum Gasteiger partial charge on any atom is -0.408 e. The SMILES string of the molecule is Cc1c(OC(=O)NC2CCCCC2)cc(-c2cc(C(F)(F)F)cc(C(F)(F)F)c2)n1C[C@H]1CCCO1. The van der Waals surface area contributed by atoms with E-state index < -0.39 is 29.6 Å². The molecule has 198 valence electrons. The number of carbonyl (C=O) groups excluding carboxylic acids is 1. The average Bonchev–Trinajstić information content (AvgIpc) is 3.42. The summed E-state index contributed by atoms with van der Waals surface area (Å²) < 4.78 is 93.6. The number of nitrogens with one attached hydrogen (secondary N) is 1. The number of halogens is 6. The Kier molecular flexibility index (Phi) is 7.59. The van der Waals surface area contributed by atoms with E-state index in [0.29, 0.717) is 30.9 Å². The normalized spacial score (nSPS) is 19.5. The number of alkyl halides is 6. The largest absolute Gasteiger partial charge is 0.416 e. The van der Waals surface area contributed by atoms with Gasteiger partial charge in [-0.05, 0) is 56.4 Å². The Morgan fingerprint density at radius 3 is 2.17 bits per heavy atom. The molecule has 1 aromatic carbocycles. The van der Waals surface area contributed by atoms with Crippen LogP contribution in [0.2, 0.25) is 0 Å². The molecule has 36 heavy (non-hydrogen) atoms. The maximum Gasteiger partial charge on any atom is 0.416 e. The maximum absolute atomic E-state index is 13.5. The van der Waals surface area contributed by atoms with Crippen molar-refractivity contribution in [2.45, 2.75) is 82.9 Å². The number of hydrogen-bond acceptors (Lipinski definition) is 3. The first-order chi connectivity index (χ1) is 16.9. The third-order valence-corrected chi connectivity index (χ3v) is 6.74. The van der Waals surface area contributed by atoms with Gasteiger partial charge in [0.15, 0.2) is 5.75 Å². The summed E-state index contributed by atoms with van der Waals surface area (Å²) in [6, 6.07) is 2.75. The second kappa shape index (κ2) is 10.4. The molecule has 1 aromatic heterocycles. The lowest BCUT2D eigenvalue weighted by Crippen LogP contribution is -2.38. The molecule has 2 heterocycles. The third-order valence-electron chi connectivity index (χ3n) is 6.74. The van der Waals surface area contributed by atoms with Gasteiger partial charge in [-0.15, -0.1) is 0 Å². The zero-order valence-corrected chi connectivity index (χ0v) is 19.8. The van der Waals surface area contributed by atoms with E-state index in [4.69, 9.17) is 9.47 Å². The van der Waals surface area contributed by atoms with E-state index in [1.165, 1.54) is 6.07 Å². The van der Waals surface area contributed by atoms with Crippen molar-refractivity contribution in [2.75, 3.05) is 6.61 Å². The van der Waals surface area contributed by atoms with Gasteiger partial charge in [-0.3, -0.25) is 0 Å². The molecule has 2 fully saturated rings. The quantitative estimate of drug-likeness (QED) is 0.430. The molecule has 5 nitrogen and oxygen atoms in total. The van der Waals surface area contributed by atoms with Crippen molar-refractivity contribution in [3.63, 3.8) is 0 Å². The van der Waals surface area contributed by atoms with Crippen LogP contribution in [0, 0.1) is 6.92 Å². The summed E-state index contributed by atoms with van der Waals surface area (Å²) in [4.78, 5) is 12.5. The van der Waals surface area contributed by atoms with E-state index in [1.54, 1.807) is 11.5 Å². The smallest absolute Gasteiger partial charge is 0.408 e. The summed E-state index contributed by atoms with van der Waals surface area (Å²) in [5, 5.41) is 2.80. The van der Waals surface area contributed by atoms with Gasteiger partial charge in [0.05, 0.1) is 28.6 Å². The highest BCUT2D eigenvalue weighted by molar-refractivity contribution is 5.73. The standard InChI is InChI=1S/C25H28F6N2O3/c1-15-22(36-23(34)32-19-6-3-2-4-7-19)13-21(33(15)14-20-8-5-9-35-20)16-10-17(24(26,27)28)12-18(11-16)25(29,30)31/h10-13,19-20H,2-9,14H2,1H3,(H,32,34)/t20-/m1/s1. The Morgan fingerprint density at radius 2 is 1.61 bits per heavy atom. The molecule has 1 amide bonds. The molecule has 1 aliphatic heterocycles. The third kappa shape index (κ3) is 6.16. The molecule has 0 spiro atoms. The van der Waals surface area contributed by atoms with Crippen molar-refractivity contribution in [3.05, 3.63) is 41.1 Å². The fourth-order valence-electron chi connectivity index (χ4n) is 4.84. The van der Waals surface area contributed by atoms with Crippen molar-refractivity contribution in [2.24, 2.45) is 0 Å². The van der Waals surface area contributed by atoms with Crippen LogP contribution in [0.15, 0.2) is 24.3 Å². The molecule has 1 aliphatic carbocycles. The second-order valence-electron chi connectivity index (χ2n) is 9.39. The number of ether oxygens (including phenoxy) is 2. The molecule has 1 atom stereocenters. The highest BCUT2D eigenvalue weighted by Crippen LogP contribution is 2.40. The molecule has 4 rings (SSSR count). The summed E-state index contributed by atoms with van der Waals surface area (Å²) in [6.45, 7) is 2.33. The molecule has 11 heteroatoms. The van der Waals surface area contributed by atoms with Crippen LogP contribution in [-0.4, -0.2) is 29.4 Å². The fraction of sp³-hybridized carbons (Fsp3) is 0.560. The van der Waals surface area contributed by atoms with Gasteiger partial charge < -0.3 is 19.4 Å². The van der Waals surface area contributed by atoms with Gasteiger partial charge in [-0.2, -0.15) is 26.3 Å². The summed E-state index contributed by atoms with van der Waals surface area (Å²) in [5.74, 6) is 0.0716. The molecule has 0 radical (unpaired) electrons. The van der Waals surface area contributed by atoms with E-state index in [-0.39, 0.29) is 41.8 Å². The molecule has 2 aliphatic rings. The van der Waals surface area contributed by atoms with E-state index >= 15 is 0 Å². The first-order valence-corrected chi connectivity index (χ1v) is 12.0. The van der Waals surface area contributed by atoms with E-state index in [9.17, 15) is 31.1 Å². The monoisotopic (exact) mass is 518 g/mol. The number of amides is 1. The van der Waals surface area contributed by atoms with Gasteiger partial charge in [-0.25, -0.2) is 4.79 Å². The molecule has 1 N–H and O–H groups in total. The predicted molar refractivity (Wildman–Crippen MR) is 120 cm³/mol. The highest BCUT2D eigenvalue weighted by atomic mass is 19.4. The first-order valence-electron chi connectivity index (χ1n) is 12.0. The van der Waals surface area contributed by atoms with Crippen LogP contribution in [0.5, 0.6) is 5.75 Å². The Balaban J connectivity index is 1.72. The molecule has 2 aromatic rings. The lowest BCUT2D eigenvalue weighted by atomic mass is 9.96. The van der Waals surface area contributed by atoms with Gasteiger partial charge in [0.1, 0.15) is 0 Å². The zero-order valence-electron chi connectivity index (χ0n) is 19.8. The number of benzene rings is 1. The molecule has 0 bridgehead atoms. The van der Waals surface area contributed by atoms with Crippen LogP contribution in [0.25, 0.3) is 11.3 Å². The van der Waals surface area contributed by atoms with Crippen molar-refractivity contribution in [1.82, 2.24) is 9.88 Å². The minimum absolute atomic E-state index is 0.0298. The van der Waals surface area contributed by atoms with Gasteiger partial charge in [0, 0.05) is 25.3 Å². The van der Waals surface area contributed by atoms with Crippen LogP contribution in [-0.2, 0) is 23.6 Å². The molecule has 0 unspecified atom stereocenters. The first kappa shape index (κ1) is 26.4. The number of nitrogens with zero attached hydrogens (tertiary/aromatic N) is 1. The van der Waals surface area contributed by atoms with E-state index in [1.807, 2.05) is 0 Å². The fourth-order valence-corrected chi connectivity index (χ4v) is 4.84. The van der Waals surface area contributed by atoms with Crippen LogP contribution in [0.1, 0.15) is 61.8 Å². The van der Waals surface area contributed by atoms with Gasteiger partial charge >= 0.3 is 18.4 Å². The minimum atomic E-state index is -4.98. The summed E-state index contributed by atoms with van der Waals surface area (Å²) in [6.07, 6.45) is -4.69. The maximum atomic E-state index is 13.5. The van der Waals surface area contributed by atoms with Crippen molar-refractivity contribution >= 4 is 6.09 Å². The average molecular weight is 518 g/mol. The van der Waals surface area contributed by atoms with E-state index in [2.05, 4.69) is 5.32 Å². The lowest BCUT2D eigenvalue weighted by Gasteiger charge is -2.22. The van der Waals surface area contributed by atoms with Crippen molar-refractivity contribution in [3.8, 4) is 17.0 Å². The van der Waals surface area contributed by atoms with Crippen molar-refractivity contribution < 1.29 is 40.6 Å². The Bertz CT molecular complexity index is 1050. The molecular formula is C25H28F6N2O3.